The van der Waals surface area contributed by atoms with Crippen LogP contribution in [0.15, 0.2) is 65.5 Å². The van der Waals surface area contributed by atoms with Gasteiger partial charge >= 0.3 is 12.1 Å². The van der Waals surface area contributed by atoms with Crippen LogP contribution in [0.25, 0.3) is 22.9 Å². The van der Waals surface area contributed by atoms with Crippen LogP contribution in [0, 0.1) is 5.82 Å². The minimum atomic E-state index is -4.76. The lowest BCUT2D eigenvalue weighted by atomic mass is 10.1. The fraction of sp³-hybridized carbons (Fsp3) is 0.0909. The number of rotatable bonds is 3. The fourth-order valence-electron chi connectivity index (χ4n) is 2.90. The summed E-state index contributed by atoms with van der Waals surface area (Å²) in [6, 6.07) is 10.0. The molecule has 0 aliphatic carbocycles. The van der Waals surface area contributed by atoms with E-state index in [0.717, 1.165) is 16.5 Å². The van der Waals surface area contributed by atoms with Crippen LogP contribution in [0.1, 0.15) is 28.7 Å². The van der Waals surface area contributed by atoms with E-state index in [9.17, 15) is 27.5 Å². The summed E-state index contributed by atoms with van der Waals surface area (Å²) in [5.41, 5.74) is -1.80. The van der Waals surface area contributed by atoms with Gasteiger partial charge in [-0.3, -0.25) is 4.40 Å². The predicted octanol–water partition coefficient (Wildman–Crippen LogP) is 6.64. The molecule has 0 fully saturated rings. The molecule has 0 aliphatic heterocycles. The van der Waals surface area contributed by atoms with Crippen molar-refractivity contribution in [3.05, 3.63) is 88.3 Å². The Morgan fingerprint density at radius 3 is 2.35 bits per heavy atom. The summed E-state index contributed by atoms with van der Waals surface area (Å²) in [5, 5.41) is 13.4. The van der Waals surface area contributed by atoms with Crippen LogP contribution in [-0.2, 0) is 6.18 Å². The van der Waals surface area contributed by atoms with Gasteiger partial charge in [-0.05, 0) is 53.1 Å². The smallest absolute Gasteiger partial charge is 0.420 e. The number of carboxylic acids is 1. The quantitative estimate of drug-likeness (QED) is 0.358. The summed E-state index contributed by atoms with van der Waals surface area (Å²) in [4.78, 5) is 15.1. The first-order valence-electron chi connectivity index (χ1n) is 8.94. The molecule has 0 saturated heterocycles. The average molecular weight is 448 g/mol. The van der Waals surface area contributed by atoms with Crippen LogP contribution in [0.5, 0.6) is 0 Å². The molecule has 9 heteroatoms. The number of imidazole rings is 1. The van der Waals surface area contributed by atoms with Crippen molar-refractivity contribution < 1.29 is 27.5 Å². The van der Waals surface area contributed by atoms with Crippen molar-refractivity contribution in [2.45, 2.75) is 13.1 Å². The van der Waals surface area contributed by atoms with E-state index in [4.69, 9.17) is 0 Å². The lowest BCUT2D eigenvalue weighted by Crippen LogP contribution is -2.08. The fourth-order valence-corrected chi connectivity index (χ4v) is 3.35. The Kier molecular flexibility index (Phi) is 6.55. The second-order valence-electron chi connectivity index (χ2n) is 6.29. The molecule has 3 aromatic heterocycles. The number of hydrogen-bond acceptors (Lipinski definition) is 3. The highest BCUT2D eigenvalue weighted by Gasteiger charge is 2.36. The SMILES string of the molecule is CC=Cc1c(C(=O)O)nc2c(C(F)(F)F)cc(-c3cccc(F)c3)cn12.c1ccsc1. The standard InChI is InChI=1S/C18H12F4N2O2.C4H4S/c1-2-4-14-15(17(25)26)23-16-13(18(20,21)22)8-11(9-24(14)16)10-5-3-6-12(19)7-10;1-2-4-5-3-1/h2-9H,1H3,(H,25,26);1-4H. The van der Waals surface area contributed by atoms with E-state index in [1.165, 1.54) is 36.5 Å². The maximum Gasteiger partial charge on any atom is 0.420 e. The number of thiophene rings is 1. The molecular formula is C22H16F4N2O2S. The number of halogens is 4. The molecule has 0 radical (unpaired) electrons. The van der Waals surface area contributed by atoms with Gasteiger partial charge in [0, 0.05) is 6.20 Å². The third-order valence-electron chi connectivity index (χ3n) is 4.17. The van der Waals surface area contributed by atoms with E-state index in [2.05, 4.69) is 4.98 Å². The van der Waals surface area contributed by atoms with Crippen molar-refractivity contribution in [1.29, 1.82) is 0 Å². The van der Waals surface area contributed by atoms with Gasteiger partial charge in [0.1, 0.15) is 5.82 Å². The molecule has 31 heavy (non-hydrogen) atoms. The molecular weight excluding hydrogens is 432 g/mol. The summed E-state index contributed by atoms with van der Waals surface area (Å²) in [5.74, 6) is -2.04. The van der Waals surface area contributed by atoms with Crippen LogP contribution >= 0.6 is 11.3 Å². The lowest BCUT2D eigenvalue weighted by Gasteiger charge is -2.12. The molecule has 4 nitrogen and oxygen atoms in total. The molecule has 4 aromatic rings. The van der Waals surface area contributed by atoms with Gasteiger partial charge in [0.25, 0.3) is 0 Å². The Labute approximate surface area is 178 Å². The van der Waals surface area contributed by atoms with E-state index in [-0.39, 0.29) is 16.8 Å². The summed E-state index contributed by atoms with van der Waals surface area (Å²) < 4.78 is 55.1. The van der Waals surface area contributed by atoms with Crippen molar-refractivity contribution in [2.75, 3.05) is 0 Å². The van der Waals surface area contributed by atoms with Crippen molar-refractivity contribution in [1.82, 2.24) is 9.38 Å². The number of fused-ring (bicyclic) bond motifs is 1. The van der Waals surface area contributed by atoms with Gasteiger partial charge < -0.3 is 5.11 Å². The first-order chi connectivity index (χ1) is 14.7. The zero-order valence-electron chi connectivity index (χ0n) is 16.1. The second kappa shape index (κ2) is 9.13. The molecule has 0 bridgehead atoms. The predicted molar refractivity (Wildman–Crippen MR) is 112 cm³/mol. The molecule has 0 saturated carbocycles. The number of carbonyl (C=O) groups is 1. The van der Waals surface area contributed by atoms with Crippen LogP contribution in [0.4, 0.5) is 17.6 Å². The highest BCUT2D eigenvalue weighted by atomic mass is 32.1. The third kappa shape index (κ3) is 5.00. The molecule has 0 aliphatic rings. The first kappa shape index (κ1) is 22.2. The van der Waals surface area contributed by atoms with Crippen LogP contribution in [0.3, 0.4) is 0 Å². The van der Waals surface area contributed by atoms with Gasteiger partial charge in [0.05, 0.1) is 11.3 Å². The molecule has 160 valence electrons. The normalized spacial score (nSPS) is 11.5. The minimum Gasteiger partial charge on any atom is -0.476 e. The van der Waals surface area contributed by atoms with Gasteiger partial charge in [-0.25, -0.2) is 14.2 Å². The van der Waals surface area contributed by atoms with E-state index in [1.54, 1.807) is 18.3 Å². The van der Waals surface area contributed by atoms with E-state index in [0.29, 0.717) is 0 Å². The minimum absolute atomic E-state index is 0.00115. The Bertz CT molecular complexity index is 1210. The Morgan fingerprint density at radius 2 is 1.84 bits per heavy atom. The van der Waals surface area contributed by atoms with Crippen LogP contribution in [0.2, 0.25) is 0 Å². The van der Waals surface area contributed by atoms with E-state index in [1.807, 2.05) is 22.9 Å². The second-order valence-corrected chi connectivity index (χ2v) is 7.10. The summed E-state index contributed by atoms with van der Waals surface area (Å²) >= 11 is 1.71. The maximum atomic E-state index is 13.5. The van der Waals surface area contributed by atoms with Crippen molar-refractivity contribution in [2.24, 2.45) is 0 Å². The van der Waals surface area contributed by atoms with Gasteiger partial charge in [-0.1, -0.05) is 30.3 Å². The van der Waals surface area contributed by atoms with Gasteiger partial charge in [0.15, 0.2) is 11.3 Å². The third-order valence-corrected chi connectivity index (χ3v) is 4.80. The number of allylic oxidation sites excluding steroid dienone is 1. The Balaban J connectivity index is 0.000000478. The number of carboxylic acid groups (broad SMARTS) is 1. The van der Waals surface area contributed by atoms with Crippen molar-refractivity contribution in [3.8, 4) is 11.1 Å². The Morgan fingerprint density at radius 1 is 1.13 bits per heavy atom. The first-order valence-corrected chi connectivity index (χ1v) is 9.89. The number of hydrogen-bond donors (Lipinski definition) is 1. The zero-order chi connectivity index (χ0) is 22.6. The topological polar surface area (TPSA) is 54.6 Å². The molecule has 1 aromatic carbocycles. The molecule has 3 heterocycles. The van der Waals surface area contributed by atoms with Crippen molar-refractivity contribution in [3.63, 3.8) is 0 Å². The van der Waals surface area contributed by atoms with E-state index >= 15 is 0 Å². The zero-order valence-corrected chi connectivity index (χ0v) is 16.9. The molecule has 4 rings (SSSR count). The number of pyridine rings is 1. The van der Waals surface area contributed by atoms with Crippen LogP contribution in [-0.4, -0.2) is 20.5 Å². The Hall–Kier alpha value is -3.46. The molecule has 0 spiro atoms. The lowest BCUT2D eigenvalue weighted by molar-refractivity contribution is -0.136. The molecule has 0 atom stereocenters. The highest BCUT2D eigenvalue weighted by Crippen LogP contribution is 2.36. The number of alkyl halides is 3. The highest BCUT2D eigenvalue weighted by molar-refractivity contribution is 7.07. The van der Waals surface area contributed by atoms with Gasteiger partial charge in [0.2, 0.25) is 0 Å². The number of benzene rings is 1. The summed E-state index contributed by atoms with van der Waals surface area (Å²) in [6.45, 7) is 1.60. The molecule has 0 unspecified atom stereocenters. The van der Waals surface area contributed by atoms with Crippen molar-refractivity contribution >= 4 is 29.0 Å². The maximum absolute atomic E-state index is 13.5. The van der Waals surface area contributed by atoms with Gasteiger partial charge in [-0.15, -0.1) is 0 Å². The number of nitrogens with zero attached hydrogens (tertiary/aromatic N) is 2. The number of aromatic carboxylic acids is 1. The largest absolute Gasteiger partial charge is 0.476 e. The average Bonchev–Trinajstić information content (AvgIpc) is 3.39. The molecule has 1 N–H and O–H groups in total. The molecule has 0 amide bonds. The summed E-state index contributed by atoms with van der Waals surface area (Å²) in [7, 11) is 0. The summed E-state index contributed by atoms with van der Waals surface area (Å²) in [6.07, 6.45) is -0.593. The monoisotopic (exact) mass is 448 g/mol. The van der Waals surface area contributed by atoms with Gasteiger partial charge in [-0.2, -0.15) is 24.5 Å². The van der Waals surface area contributed by atoms with E-state index < -0.39 is 34.9 Å². The number of aromatic nitrogens is 2. The van der Waals surface area contributed by atoms with Crippen LogP contribution < -0.4 is 0 Å².